The van der Waals surface area contributed by atoms with Crippen LogP contribution in [0.4, 0.5) is 0 Å². The van der Waals surface area contributed by atoms with E-state index in [-0.39, 0.29) is 0 Å². The summed E-state index contributed by atoms with van der Waals surface area (Å²) < 4.78 is 11.6. The number of benzene rings is 1. The second kappa shape index (κ2) is 8.22. The molecule has 1 aromatic carbocycles. The first-order chi connectivity index (χ1) is 10.2. The lowest BCUT2D eigenvalue weighted by Crippen LogP contribution is -2.45. The Morgan fingerprint density at radius 3 is 2.57 bits per heavy atom. The van der Waals surface area contributed by atoms with Gasteiger partial charge < -0.3 is 20.1 Å². The molecular formula is C16H27N3O2. The van der Waals surface area contributed by atoms with Gasteiger partial charge in [-0.3, -0.25) is 4.90 Å². The molecule has 0 aliphatic carbocycles. The predicted molar refractivity (Wildman–Crippen MR) is 84.9 cm³/mol. The number of nitrogens with two attached hydrogens (primary N) is 1. The van der Waals surface area contributed by atoms with Crippen LogP contribution in [0.15, 0.2) is 18.2 Å². The van der Waals surface area contributed by atoms with E-state index in [1.807, 2.05) is 25.1 Å². The summed E-state index contributed by atoms with van der Waals surface area (Å²) in [4.78, 5) is 4.79. The van der Waals surface area contributed by atoms with Gasteiger partial charge in [0.05, 0.1) is 6.61 Å². The van der Waals surface area contributed by atoms with Crippen LogP contribution in [0.2, 0.25) is 0 Å². The minimum Gasteiger partial charge on any atom is -0.490 e. The Bertz CT molecular complexity index is 432. The molecule has 1 aliphatic heterocycles. The van der Waals surface area contributed by atoms with Crippen molar-refractivity contribution >= 4 is 0 Å². The highest BCUT2D eigenvalue weighted by Crippen LogP contribution is 2.31. The van der Waals surface area contributed by atoms with Crippen LogP contribution < -0.4 is 15.2 Å². The number of piperazine rings is 1. The summed E-state index contributed by atoms with van der Waals surface area (Å²) >= 11 is 0. The molecule has 1 aliphatic rings. The first kappa shape index (κ1) is 16.1. The monoisotopic (exact) mass is 293 g/mol. The summed E-state index contributed by atoms with van der Waals surface area (Å²) in [6.07, 6.45) is 0. The maximum absolute atomic E-state index is 5.98. The summed E-state index contributed by atoms with van der Waals surface area (Å²) in [6, 6.07) is 5.89. The molecule has 0 bridgehead atoms. The van der Waals surface area contributed by atoms with Crippen LogP contribution in [0.25, 0.3) is 0 Å². The van der Waals surface area contributed by atoms with Gasteiger partial charge in [-0.1, -0.05) is 12.1 Å². The Labute approximate surface area is 127 Å². The van der Waals surface area contributed by atoms with Crippen LogP contribution in [0.3, 0.4) is 0 Å². The first-order valence-electron chi connectivity index (χ1n) is 7.73. The topological polar surface area (TPSA) is 51.0 Å². The van der Waals surface area contributed by atoms with Crippen molar-refractivity contribution in [3.63, 3.8) is 0 Å². The Kier molecular flexibility index (Phi) is 6.29. The van der Waals surface area contributed by atoms with Crippen LogP contribution in [0.1, 0.15) is 12.5 Å². The fourth-order valence-corrected chi connectivity index (χ4v) is 2.50. The molecule has 118 valence electrons. The summed E-state index contributed by atoms with van der Waals surface area (Å²) in [5.74, 6) is 1.59. The Balaban J connectivity index is 1.89. The van der Waals surface area contributed by atoms with Crippen LogP contribution in [-0.4, -0.2) is 62.8 Å². The number of likely N-dealkylation sites (N-methyl/N-ethyl adjacent to an activating group) is 1. The molecule has 0 atom stereocenters. The number of hydrogen-bond donors (Lipinski definition) is 1. The van der Waals surface area contributed by atoms with Gasteiger partial charge in [0.15, 0.2) is 11.5 Å². The van der Waals surface area contributed by atoms with Gasteiger partial charge in [0.2, 0.25) is 0 Å². The third-order valence-corrected chi connectivity index (χ3v) is 3.83. The number of hydrogen-bond acceptors (Lipinski definition) is 5. The molecule has 5 nitrogen and oxygen atoms in total. The second-order valence-electron chi connectivity index (χ2n) is 5.37. The zero-order valence-corrected chi connectivity index (χ0v) is 13.2. The van der Waals surface area contributed by atoms with E-state index in [0.717, 1.165) is 49.8 Å². The molecule has 0 aromatic heterocycles. The number of para-hydroxylation sites is 1. The third kappa shape index (κ3) is 4.59. The molecule has 0 unspecified atom stereocenters. The van der Waals surface area contributed by atoms with Gasteiger partial charge in [-0.15, -0.1) is 0 Å². The fourth-order valence-electron chi connectivity index (χ4n) is 2.50. The van der Waals surface area contributed by atoms with Crippen molar-refractivity contribution < 1.29 is 9.47 Å². The highest BCUT2D eigenvalue weighted by Gasteiger charge is 2.14. The second-order valence-corrected chi connectivity index (χ2v) is 5.37. The zero-order valence-electron chi connectivity index (χ0n) is 13.2. The lowest BCUT2D eigenvalue weighted by molar-refractivity contribution is 0.132. The average molecular weight is 293 g/mol. The predicted octanol–water partition coefficient (Wildman–Crippen LogP) is 1.17. The van der Waals surface area contributed by atoms with E-state index in [2.05, 4.69) is 16.8 Å². The number of ether oxygens (including phenoxy) is 2. The van der Waals surface area contributed by atoms with Crippen molar-refractivity contribution in [1.29, 1.82) is 0 Å². The summed E-state index contributed by atoms with van der Waals surface area (Å²) in [7, 11) is 2.17. The molecule has 0 spiro atoms. The maximum atomic E-state index is 5.98. The molecule has 0 radical (unpaired) electrons. The van der Waals surface area contributed by atoms with Crippen molar-refractivity contribution in [2.75, 3.05) is 53.0 Å². The highest BCUT2D eigenvalue weighted by atomic mass is 16.5. The van der Waals surface area contributed by atoms with E-state index in [4.69, 9.17) is 15.2 Å². The number of rotatable bonds is 7. The maximum Gasteiger partial charge on any atom is 0.165 e. The smallest absolute Gasteiger partial charge is 0.165 e. The zero-order chi connectivity index (χ0) is 15.1. The molecule has 1 saturated heterocycles. The van der Waals surface area contributed by atoms with Gasteiger partial charge in [0, 0.05) is 44.8 Å². The standard InChI is InChI=1S/C16H27N3O2/c1-3-20-15-6-4-5-14(13-17)16(15)21-12-11-19-9-7-18(2)8-10-19/h4-6H,3,7-13,17H2,1-2H3. The van der Waals surface area contributed by atoms with E-state index in [0.29, 0.717) is 19.8 Å². The van der Waals surface area contributed by atoms with E-state index >= 15 is 0 Å². The van der Waals surface area contributed by atoms with E-state index in [1.54, 1.807) is 0 Å². The molecule has 1 fully saturated rings. The van der Waals surface area contributed by atoms with Crippen molar-refractivity contribution in [2.45, 2.75) is 13.5 Å². The van der Waals surface area contributed by atoms with Gasteiger partial charge in [-0.25, -0.2) is 0 Å². The molecule has 0 saturated carbocycles. The SMILES string of the molecule is CCOc1cccc(CN)c1OCCN1CCN(C)CC1. The van der Waals surface area contributed by atoms with Crippen molar-refractivity contribution in [1.82, 2.24) is 9.80 Å². The molecule has 5 heteroatoms. The molecule has 2 rings (SSSR count). The van der Waals surface area contributed by atoms with E-state index < -0.39 is 0 Å². The average Bonchev–Trinajstić information content (AvgIpc) is 2.50. The molecule has 0 amide bonds. The number of nitrogens with zero attached hydrogens (tertiary/aromatic N) is 2. The van der Waals surface area contributed by atoms with Crippen LogP contribution in [-0.2, 0) is 6.54 Å². The van der Waals surface area contributed by atoms with Crippen LogP contribution >= 0.6 is 0 Å². The molecule has 2 N–H and O–H groups in total. The molecule has 1 heterocycles. The van der Waals surface area contributed by atoms with E-state index in [9.17, 15) is 0 Å². The molecule has 1 aromatic rings. The summed E-state index contributed by atoms with van der Waals surface area (Å²) in [6.45, 7) is 9.15. The Morgan fingerprint density at radius 1 is 1.14 bits per heavy atom. The highest BCUT2D eigenvalue weighted by molar-refractivity contribution is 5.46. The van der Waals surface area contributed by atoms with Gasteiger partial charge >= 0.3 is 0 Å². The Hall–Kier alpha value is -1.30. The quantitative estimate of drug-likeness (QED) is 0.818. The lowest BCUT2D eigenvalue weighted by atomic mass is 10.2. The molecule has 21 heavy (non-hydrogen) atoms. The third-order valence-electron chi connectivity index (χ3n) is 3.83. The summed E-state index contributed by atoms with van der Waals surface area (Å²) in [5, 5.41) is 0. The van der Waals surface area contributed by atoms with Gasteiger partial charge in [-0.2, -0.15) is 0 Å². The first-order valence-corrected chi connectivity index (χ1v) is 7.73. The summed E-state index contributed by atoms with van der Waals surface area (Å²) in [5.41, 5.74) is 6.79. The van der Waals surface area contributed by atoms with Crippen molar-refractivity contribution in [3.8, 4) is 11.5 Å². The van der Waals surface area contributed by atoms with Crippen LogP contribution in [0.5, 0.6) is 11.5 Å². The fraction of sp³-hybridized carbons (Fsp3) is 0.625. The van der Waals surface area contributed by atoms with Gasteiger partial charge in [0.1, 0.15) is 6.61 Å². The largest absolute Gasteiger partial charge is 0.490 e. The van der Waals surface area contributed by atoms with Gasteiger partial charge in [0.25, 0.3) is 0 Å². The lowest BCUT2D eigenvalue weighted by Gasteiger charge is -2.32. The molecular weight excluding hydrogens is 266 g/mol. The minimum atomic E-state index is 0.463. The van der Waals surface area contributed by atoms with Crippen molar-refractivity contribution in [3.05, 3.63) is 23.8 Å². The van der Waals surface area contributed by atoms with Crippen LogP contribution in [0, 0.1) is 0 Å². The van der Waals surface area contributed by atoms with Gasteiger partial charge in [-0.05, 0) is 20.0 Å². The Morgan fingerprint density at radius 2 is 1.90 bits per heavy atom. The normalized spacial score (nSPS) is 16.9. The van der Waals surface area contributed by atoms with Crippen molar-refractivity contribution in [2.24, 2.45) is 5.73 Å². The minimum absolute atomic E-state index is 0.463. The van der Waals surface area contributed by atoms with E-state index in [1.165, 1.54) is 0 Å².